The van der Waals surface area contributed by atoms with Crippen LogP contribution < -0.4 is 11.1 Å². The average Bonchev–Trinajstić information content (AvgIpc) is 2.58. The zero-order valence-corrected chi connectivity index (χ0v) is 12.8. The maximum atomic E-state index is 5.68. The van der Waals surface area contributed by atoms with E-state index in [-0.39, 0.29) is 24.0 Å². The summed E-state index contributed by atoms with van der Waals surface area (Å²) in [4.78, 5) is 4.21. The molecule has 1 aromatic heterocycles. The molecule has 0 radical (unpaired) electrons. The molecule has 0 bridgehead atoms. The predicted octanol–water partition coefficient (Wildman–Crippen LogP) is 0.397. The maximum absolute atomic E-state index is 5.68. The van der Waals surface area contributed by atoms with Gasteiger partial charge in [0.1, 0.15) is 0 Å². The van der Waals surface area contributed by atoms with Crippen molar-refractivity contribution < 1.29 is 4.74 Å². The van der Waals surface area contributed by atoms with E-state index >= 15 is 0 Å². The van der Waals surface area contributed by atoms with Crippen molar-refractivity contribution in [1.29, 1.82) is 0 Å². The van der Waals surface area contributed by atoms with E-state index in [1.54, 1.807) is 13.3 Å². The number of methoxy groups -OCH3 is 1. The lowest BCUT2D eigenvalue weighted by Gasteiger charge is -2.04. The fourth-order valence-electron chi connectivity index (χ4n) is 1.21. The molecule has 0 aliphatic carbocycles. The monoisotopic (exact) mass is 353 g/mol. The van der Waals surface area contributed by atoms with Gasteiger partial charge >= 0.3 is 0 Å². The highest BCUT2D eigenvalue weighted by atomic mass is 127. The largest absolute Gasteiger partial charge is 0.383 e. The number of aliphatic imine (C=N–C) groups is 1. The Hall–Kier alpha value is -0.830. The Kier molecular flexibility index (Phi) is 7.88. The molecule has 0 aliphatic rings. The topological polar surface area (TPSA) is 77.5 Å². The molecule has 0 saturated carbocycles. The van der Waals surface area contributed by atoms with Crippen molar-refractivity contribution in [2.75, 3.05) is 20.3 Å². The van der Waals surface area contributed by atoms with E-state index in [9.17, 15) is 0 Å². The van der Waals surface area contributed by atoms with E-state index in [1.807, 2.05) is 18.7 Å². The lowest BCUT2D eigenvalue weighted by molar-refractivity contribution is 0.204. The van der Waals surface area contributed by atoms with Crippen LogP contribution in [0, 0.1) is 6.92 Å². The molecule has 0 fully saturated rings. The van der Waals surface area contributed by atoms with Crippen molar-refractivity contribution in [2.24, 2.45) is 17.8 Å². The number of ether oxygens (including phenoxy) is 1. The molecule has 0 saturated heterocycles. The molecule has 0 amide bonds. The SMILES string of the molecule is COCCNC(N)=NCc1cnn(C)c1C.I. The lowest BCUT2D eigenvalue weighted by Crippen LogP contribution is -2.34. The van der Waals surface area contributed by atoms with Crippen LogP contribution in [0.15, 0.2) is 11.2 Å². The number of nitrogens with zero attached hydrogens (tertiary/aromatic N) is 3. The Morgan fingerprint density at radius 3 is 2.88 bits per heavy atom. The molecule has 98 valence electrons. The second-order valence-corrected chi connectivity index (χ2v) is 3.50. The van der Waals surface area contributed by atoms with E-state index in [0.717, 1.165) is 11.3 Å². The summed E-state index contributed by atoms with van der Waals surface area (Å²) < 4.78 is 6.71. The van der Waals surface area contributed by atoms with Gasteiger partial charge in [-0.3, -0.25) is 4.68 Å². The number of guanidine groups is 1. The summed E-state index contributed by atoms with van der Waals surface area (Å²) in [5.41, 5.74) is 7.86. The highest BCUT2D eigenvalue weighted by molar-refractivity contribution is 14.0. The third-order valence-corrected chi connectivity index (χ3v) is 2.37. The van der Waals surface area contributed by atoms with Gasteiger partial charge in [-0.15, -0.1) is 24.0 Å². The average molecular weight is 353 g/mol. The first-order valence-corrected chi connectivity index (χ1v) is 5.15. The van der Waals surface area contributed by atoms with Crippen molar-refractivity contribution >= 4 is 29.9 Å². The molecule has 0 atom stereocenters. The Bertz CT molecular complexity index is 364. The summed E-state index contributed by atoms with van der Waals surface area (Å²) in [6, 6.07) is 0. The summed E-state index contributed by atoms with van der Waals surface area (Å²) in [5, 5.41) is 7.09. The van der Waals surface area contributed by atoms with Gasteiger partial charge in [-0.25, -0.2) is 4.99 Å². The van der Waals surface area contributed by atoms with Gasteiger partial charge in [0.25, 0.3) is 0 Å². The van der Waals surface area contributed by atoms with Crippen LogP contribution in [-0.2, 0) is 18.3 Å². The van der Waals surface area contributed by atoms with Gasteiger partial charge in [0.15, 0.2) is 5.96 Å². The van der Waals surface area contributed by atoms with Crippen molar-refractivity contribution in [2.45, 2.75) is 13.5 Å². The number of halogens is 1. The van der Waals surface area contributed by atoms with E-state index in [0.29, 0.717) is 25.7 Å². The molecule has 0 aliphatic heterocycles. The van der Waals surface area contributed by atoms with Crippen LogP contribution in [-0.4, -0.2) is 36.0 Å². The lowest BCUT2D eigenvalue weighted by atomic mass is 10.3. The number of hydrogen-bond acceptors (Lipinski definition) is 3. The van der Waals surface area contributed by atoms with Gasteiger partial charge in [0, 0.05) is 32.0 Å². The Balaban J connectivity index is 0.00000256. The van der Waals surface area contributed by atoms with Crippen LogP contribution in [0.1, 0.15) is 11.3 Å². The molecule has 1 heterocycles. The van der Waals surface area contributed by atoms with Crippen molar-refractivity contribution in [3.05, 3.63) is 17.5 Å². The first kappa shape index (κ1) is 16.2. The quantitative estimate of drug-likeness (QED) is 0.348. The van der Waals surface area contributed by atoms with Crippen LogP contribution in [0.4, 0.5) is 0 Å². The smallest absolute Gasteiger partial charge is 0.189 e. The van der Waals surface area contributed by atoms with Crippen LogP contribution in [0.3, 0.4) is 0 Å². The Morgan fingerprint density at radius 1 is 1.65 bits per heavy atom. The molecule has 0 spiro atoms. The van der Waals surface area contributed by atoms with Crippen LogP contribution in [0.2, 0.25) is 0 Å². The molecular weight excluding hydrogens is 333 g/mol. The molecule has 3 N–H and O–H groups in total. The van der Waals surface area contributed by atoms with E-state index in [1.165, 1.54) is 0 Å². The fraction of sp³-hybridized carbons (Fsp3) is 0.600. The second kappa shape index (κ2) is 8.29. The first-order valence-electron chi connectivity index (χ1n) is 5.15. The molecule has 6 nitrogen and oxygen atoms in total. The minimum Gasteiger partial charge on any atom is -0.383 e. The predicted molar refractivity (Wildman–Crippen MR) is 78.6 cm³/mol. The third-order valence-electron chi connectivity index (χ3n) is 2.37. The van der Waals surface area contributed by atoms with Crippen molar-refractivity contribution in [3.63, 3.8) is 0 Å². The molecule has 17 heavy (non-hydrogen) atoms. The first-order chi connectivity index (χ1) is 7.65. The highest BCUT2D eigenvalue weighted by Crippen LogP contribution is 2.06. The van der Waals surface area contributed by atoms with Gasteiger partial charge in [0.05, 0.1) is 19.3 Å². The van der Waals surface area contributed by atoms with Gasteiger partial charge in [0.2, 0.25) is 0 Å². The summed E-state index contributed by atoms with van der Waals surface area (Å²) in [6.07, 6.45) is 1.81. The highest BCUT2D eigenvalue weighted by Gasteiger charge is 2.02. The van der Waals surface area contributed by atoms with Crippen molar-refractivity contribution in [1.82, 2.24) is 15.1 Å². The fourth-order valence-corrected chi connectivity index (χ4v) is 1.21. The zero-order chi connectivity index (χ0) is 12.0. The summed E-state index contributed by atoms with van der Waals surface area (Å²) in [7, 11) is 3.55. The molecule has 1 aromatic rings. The summed E-state index contributed by atoms with van der Waals surface area (Å²) >= 11 is 0. The minimum absolute atomic E-state index is 0. The van der Waals surface area contributed by atoms with Gasteiger partial charge < -0.3 is 15.8 Å². The Morgan fingerprint density at radius 2 is 2.35 bits per heavy atom. The standard InChI is InChI=1S/C10H19N5O.HI/c1-8-9(7-14-15(8)2)6-13-10(11)12-4-5-16-3;/h7H,4-6H2,1-3H3,(H3,11,12,13);1H. The van der Waals surface area contributed by atoms with Crippen LogP contribution >= 0.6 is 24.0 Å². The number of rotatable bonds is 5. The minimum atomic E-state index is 0. The van der Waals surface area contributed by atoms with E-state index in [2.05, 4.69) is 15.4 Å². The Labute approximate surface area is 119 Å². The van der Waals surface area contributed by atoms with E-state index < -0.39 is 0 Å². The molecule has 1 rings (SSSR count). The molecule has 7 heteroatoms. The van der Waals surface area contributed by atoms with Gasteiger partial charge in [-0.2, -0.15) is 5.10 Å². The van der Waals surface area contributed by atoms with Crippen molar-refractivity contribution in [3.8, 4) is 0 Å². The number of hydrogen-bond donors (Lipinski definition) is 2. The summed E-state index contributed by atoms with van der Waals surface area (Å²) in [5.74, 6) is 0.431. The second-order valence-electron chi connectivity index (χ2n) is 3.50. The number of nitrogens with two attached hydrogens (primary N) is 1. The normalized spacial score (nSPS) is 11.1. The zero-order valence-electron chi connectivity index (χ0n) is 10.4. The number of nitrogens with one attached hydrogen (secondary N) is 1. The van der Waals surface area contributed by atoms with Gasteiger partial charge in [-0.1, -0.05) is 0 Å². The van der Waals surface area contributed by atoms with Crippen LogP contribution in [0.25, 0.3) is 0 Å². The maximum Gasteiger partial charge on any atom is 0.189 e. The van der Waals surface area contributed by atoms with Gasteiger partial charge in [-0.05, 0) is 6.92 Å². The third kappa shape index (κ3) is 5.35. The molecule has 0 aromatic carbocycles. The number of aryl methyl sites for hydroxylation is 1. The number of aromatic nitrogens is 2. The van der Waals surface area contributed by atoms with Crippen LogP contribution in [0.5, 0.6) is 0 Å². The summed E-state index contributed by atoms with van der Waals surface area (Å²) in [6.45, 7) is 3.83. The van der Waals surface area contributed by atoms with E-state index in [4.69, 9.17) is 10.5 Å². The molecule has 0 unspecified atom stereocenters. The molecular formula is C10H20IN5O.